The van der Waals surface area contributed by atoms with Gasteiger partial charge in [0.05, 0.1) is 11.1 Å². The van der Waals surface area contributed by atoms with Crippen LogP contribution >= 0.6 is 0 Å². The Labute approximate surface area is 163 Å². The third-order valence-corrected chi connectivity index (χ3v) is 5.43. The van der Waals surface area contributed by atoms with Gasteiger partial charge in [0.25, 0.3) is 0 Å². The van der Waals surface area contributed by atoms with Gasteiger partial charge in [-0.1, -0.05) is 30.7 Å². The van der Waals surface area contributed by atoms with Crippen LogP contribution in [0.5, 0.6) is 11.5 Å². The number of carbonyl (C=O) groups excluding carboxylic acids is 1. The molecule has 0 atom stereocenters. The van der Waals surface area contributed by atoms with Gasteiger partial charge in [-0.05, 0) is 55.0 Å². The molecule has 0 spiro atoms. The maximum Gasteiger partial charge on any atom is 0.339 e. The number of aromatic nitrogens is 1. The molecule has 0 amide bonds. The first-order chi connectivity index (χ1) is 13.8. The molecule has 0 N–H and O–H groups in total. The average molecular weight is 375 g/mol. The molecule has 0 bridgehead atoms. The van der Waals surface area contributed by atoms with Crippen molar-refractivity contribution in [1.82, 2.24) is 4.98 Å². The van der Waals surface area contributed by atoms with Gasteiger partial charge < -0.3 is 14.2 Å². The number of carbonyl (C=O) groups is 1. The molecular formula is C23H21NO4. The highest BCUT2D eigenvalue weighted by molar-refractivity contribution is 6.05. The van der Waals surface area contributed by atoms with Crippen molar-refractivity contribution in [3.05, 3.63) is 64.8 Å². The lowest BCUT2D eigenvalue weighted by Gasteiger charge is -2.15. The Morgan fingerprint density at radius 2 is 1.86 bits per heavy atom. The first kappa shape index (κ1) is 17.0. The highest BCUT2D eigenvalue weighted by Crippen LogP contribution is 2.33. The van der Waals surface area contributed by atoms with Crippen LogP contribution in [0, 0.1) is 0 Å². The van der Waals surface area contributed by atoms with Crippen LogP contribution in [0.15, 0.2) is 42.5 Å². The zero-order chi connectivity index (χ0) is 18.9. The van der Waals surface area contributed by atoms with E-state index in [0.29, 0.717) is 11.3 Å². The van der Waals surface area contributed by atoms with Crippen LogP contribution in [0.25, 0.3) is 10.9 Å². The molecule has 28 heavy (non-hydrogen) atoms. The van der Waals surface area contributed by atoms with Crippen molar-refractivity contribution >= 4 is 16.9 Å². The Bertz CT molecular complexity index is 1060. The first-order valence-corrected chi connectivity index (χ1v) is 9.76. The van der Waals surface area contributed by atoms with E-state index in [0.717, 1.165) is 59.2 Å². The molecule has 5 rings (SSSR count). The van der Waals surface area contributed by atoms with Crippen molar-refractivity contribution in [1.29, 1.82) is 0 Å². The van der Waals surface area contributed by atoms with Gasteiger partial charge in [-0.3, -0.25) is 4.98 Å². The van der Waals surface area contributed by atoms with Gasteiger partial charge >= 0.3 is 5.97 Å². The molecule has 1 aliphatic carbocycles. The minimum atomic E-state index is -0.283. The highest BCUT2D eigenvalue weighted by atomic mass is 16.7. The third kappa shape index (κ3) is 3.07. The number of para-hydroxylation sites is 1. The number of hydrogen-bond donors (Lipinski definition) is 0. The maximum atomic E-state index is 13.1. The number of benzene rings is 2. The second kappa shape index (κ2) is 7.15. The molecule has 0 saturated heterocycles. The normalized spacial score (nSPS) is 15.1. The van der Waals surface area contributed by atoms with Crippen molar-refractivity contribution in [2.24, 2.45) is 0 Å². The van der Waals surface area contributed by atoms with Crippen molar-refractivity contribution < 1.29 is 19.0 Å². The van der Waals surface area contributed by atoms with Crippen LogP contribution in [0.4, 0.5) is 0 Å². The van der Waals surface area contributed by atoms with Crippen LogP contribution in [-0.2, 0) is 24.2 Å². The summed E-state index contributed by atoms with van der Waals surface area (Å²) in [7, 11) is 0. The fourth-order valence-corrected chi connectivity index (χ4v) is 4.03. The number of ether oxygens (including phenoxy) is 3. The monoisotopic (exact) mass is 375 g/mol. The van der Waals surface area contributed by atoms with E-state index in [1.807, 2.05) is 42.5 Å². The second-order valence-electron chi connectivity index (χ2n) is 7.25. The number of hydrogen-bond acceptors (Lipinski definition) is 5. The molecule has 3 aromatic rings. The van der Waals surface area contributed by atoms with Crippen LogP contribution < -0.4 is 9.47 Å². The van der Waals surface area contributed by atoms with Gasteiger partial charge in [0, 0.05) is 11.1 Å². The summed E-state index contributed by atoms with van der Waals surface area (Å²) in [5.41, 5.74) is 4.53. The summed E-state index contributed by atoms with van der Waals surface area (Å²) in [5.74, 6) is 1.13. The van der Waals surface area contributed by atoms with E-state index in [2.05, 4.69) is 0 Å². The fraction of sp³-hybridized carbons (Fsp3) is 0.304. The van der Waals surface area contributed by atoms with Crippen LogP contribution in [0.3, 0.4) is 0 Å². The molecule has 2 aromatic carbocycles. The summed E-state index contributed by atoms with van der Waals surface area (Å²) in [5, 5.41) is 0.874. The Balaban J connectivity index is 1.47. The Hall–Kier alpha value is -3.08. The van der Waals surface area contributed by atoms with Gasteiger partial charge in [0.15, 0.2) is 11.5 Å². The zero-order valence-corrected chi connectivity index (χ0v) is 15.6. The number of nitrogens with zero attached hydrogens (tertiary/aromatic N) is 1. The second-order valence-corrected chi connectivity index (χ2v) is 7.25. The molecule has 0 radical (unpaired) electrons. The number of fused-ring (bicyclic) bond motifs is 3. The first-order valence-electron chi connectivity index (χ1n) is 9.76. The van der Waals surface area contributed by atoms with Crippen molar-refractivity contribution in [2.45, 2.75) is 38.7 Å². The molecule has 5 nitrogen and oxygen atoms in total. The number of pyridine rings is 1. The highest BCUT2D eigenvalue weighted by Gasteiger charge is 2.23. The van der Waals surface area contributed by atoms with Crippen LogP contribution in [0.2, 0.25) is 0 Å². The molecule has 0 saturated carbocycles. The van der Waals surface area contributed by atoms with Gasteiger partial charge in [0.1, 0.15) is 6.61 Å². The predicted molar refractivity (Wildman–Crippen MR) is 105 cm³/mol. The van der Waals surface area contributed by atoms with Gasteiger partial charge in [-0.25, -0.2) is 4.79 Å². The molecule has 1 aromatic heterocycles. The summed E-state index contributed by atoms with van der Waals surface area (Å²) >= 11 is 0. The summed E-state index contributed by atoms with van der Waals surface area (Å²) in [6.45, 7) is 0.425. The third-order valence-electron chi connectivity index (χ3n) is 5.43. The van der Waals surface area contributed by atoms with Crippen molar-refractivity contribution in [3.8, 4) is 11.5 Å². The van der Waals surface area contributed by atoms with E-state index in [1.54, 1.807) is 0 Å². The predicted octanol–water partition coefficient (Wildman–Crippen LogP) is 4.59. The van der Waals surface area contributed by atoms with Gasteiger partial charge in [-0.2, -0.15) is 0 Å². The lowest BCUT2D eigenvalue weighted by Crippen LogP contribution is -2.12. The smallest absolute Gasteiger partial charge is 0.339 e. The van der Waals surface area contributed by atoms with E-state index in [9.17, 15) is 4.79 Å². The maximum absolute atomic E-state index is 13.1. The quantitative estimate of drug-likeness (QED) is 0.495. The minimum Gasteiger partial charge on any atom is -0.457 e. The SMILES string of the molecule is O=C(OCc1ccc2c(c1)OCO2)c1c2c(nc3ccccc13)CCCCC2. The number of rotatable bonds is 3. The molecule has 142 valence electrons. The summed E-state index contributed by atoms with van der Waals surface area (Å²) < 4.78 is 16.5. The largest absolute Gasteiger partial charge is 0.457 e. The van der Waals surface area contributed by atoms with E-state index in [1.165, 1.54) is 6.42 Å². The lowest BCUT2D eigenvalue weighted by atomic mass is 9.97. The standard InChI is InChI=1S/C23H21NO4/c25-23(26-13-15-10-11-20-21(12-15)28-14-27-20)22-16-6-2-1-3-8-18(16)24-19-9-5-4-7-17(19)22/h4-5,7,9-12H,1-3,6,8,13-14H2. The van der Waals surface area contributed by atoms with E-state index in [-0.39, 0.29) is 19.4 Å². The van der Waals surface area contributed by atoms with Crippen LogP contribution in [-0.4, -0.2) is 17.7 Å². The molecule has 0 fully saturated rings. The van der Waals surface area contributed by atoms with E-state index in [4.69, 9.17) is 19.2 Å². The Kier molecular flexibility index (Phi) is 4.35. The summed E-state index contributed by atoms with van der Waals surface area (Å²) in [6.07, 6.45) is 5.15. The Morgan fingerprint density at radius 3 is 2.82 bits per heavy atom. The lowest BCUT2D eigenvalue weighted by molar-refractivity contribution is 0.0473. The number of aryl methyl sites for hydroxylation is 1. The minimum absolute atomic E-state index is 0.195. The topological polar surface area (TPSA) is 57.7 Å². The molecule has 1 aliphatic heterocycles. The number of esters is 1. The molecule has 0 unspecified atom stereocenters. The average Bonchev–Trinajstić information content (AvgIpc) is 3.07. The molecule has 2 heterocycles. The van der Waals surface area contributed by atoms with E-state index >= 15 is 0 Å². The summed E-state index contributed by atoms with van der Waals surface area (Å²) in [4.78, 5) is 18.0. The van der Waals surface area contributed by atoms with Crippen LogP contribution in [0.1, 0.15) is 46.4 Å². The molecule has 2 aliphatic rings. The van der Waals surface area contributed by atoms with Crippen molar-refractivity contribution in [2.75, 3.05) is 6.79 Å². The summed E-state index contributed by atoms with van der Waals surface area (Å²) in [6, 6.07) is 13.4. The van der Waals surface area contributed by atoms with Gasteiger partial charge in [-0.15, -0.1) is 0 Å². The fourth-order valence-electron chi connectivity index (χ4n) is 4.03. The molecule has 5 heteroatoms. The molecular weight excluding hydrogens is 354 g/mol. The Morgan fingerprint density at radius 1 is 1.00 bits per heavy atom. The van der Waals surface area contributed by atoms with E-state index < -0.39 is 0 Å². The van der Waals surface area contributed by atoms with Gasteiger partial charge in [0.2, 0.25) is 6.79 Å². The van der Waals surface area contributed by atoms with Crippen molar-refractivity contribution in [3.63, 3.8) is 0 Å². The zero-order valence-electron chi connectivity index (χ0n) is 15.6.